The molecule has 0 aliphatic rings. The molecule has 0 saturated carbocycles. The number of benzene rings is 1. The van der Waals surface area contributed by atoms with Crippen LogP contribution in [-0.4, -0.2) is 11.7 Å². The Bertz CT molecular complexity index is 333. The standard InChI is InChI=1S/C9H10ClF2NO/c10-9-6(12)2-1-5(11)8(9)7(14)3-4-13/h1-2,7,14H,3-4,13H2. The number of hydrogen-bond acceptors (Lipinski definition) is 2. The van der Waals surface area contributed by atoms with E-state index in [1.54, 1.807) is 0 Å². The van der Waals surface area contributed by atoms with Crippen molar-refractivity contribution in [1.82, 2.24) is 0 Å². The Morgan fingerprint density at radius 1 is 1.36 bits per heavy atom. The molecule has 0 spiro atoms. The van der Waals surface area contributed by atoms with Gasteiger partial charge >= 0.3 is 0 Å². The number of nitrogens with two attached hydrogens (primary N) is 1. The summed E-state index contributed by atoms with van der Waals surface area (Å²) in [4.78, 5) is 0. The Labute approximate surface area is 85.3 Å². The molecule has 0 fully saturated rings. The van der Waals surface area contributed by atoms with E-state index < -0.39 is 17.7 Å². The van der Waals surface area contributed by atoms with Crippen LogP contribution < -0.4 is 5.73 Å². The zero-order valence-electron chi connectivity index (χ0n) is 7.30. The van der Waals surface area contributed by atoms with Crippen LogP contribution in [0.25, 0.3) is 0 Å². The zero-order chi connectivity index (χ0) is 10.7. The van der Waals surface area contributed by atoms with Gasteiger partial charge in [-0.25, -0.2) is 8.78 Å². The van der Waals surface area contributed by atoms with Gasteiger partial charge in [-0.2, -0.15) is 0 Å². The highest BCUT2D eigenvalue weighted by atomic mass is 35.5. The molecule has 0 aliphatic carbocycles. The highest BCUT2D eigenvalue weighted by Crippen LogP contribution is 2.29. The van der Waals surface area contributed by atoms with Crippen molar-refractivity contribution >= 4 is 11.6 Å². The third-order valence-electron chi connectivity index (χ3n) is 1.85. The van der Waals surface area contributed by atoms with Gasteiger partial charge in [0.2, 0.25) is 0 Å². The molecule has 1 rings (SSSR count). The Hall–Kier alpha value is -0.710. The fraction of sp³-hybridized carbons (Fsp3) is 0.333. The Kier molecular flexibility index (Phi) is 3.80. The lowest BCUT2D eigenvalue weighted by molar-refractivity contribution is 0.165. The Morgan fingerprint density at radius 3 is 2.50 bits per heavy atom. The van der Waals surface area contributed by atoms with Gasteiger partial charge < -0.3 is 10.8 Å². The molecule has 0 bridgehead atoms. The van der Waals surface area contributed by atoms with Crippen molar-refractivity contribution in [3.8, 4) is 0 Å². The Balaban J connectivity index is 3.11. The van der Waals surface area contributed by atoms with Crippen molar-refractivity contribution in [2.75, 3.05) is 6.54 Å². The van der Waals surface area contributed by atoms with Crippen LogP contribution in [0.5, 0.6) is 0 Å². The van der Waals surface area contributed by atoms with E-state index >= 15 is 0 Å². The SMILES string of the molecule is NCCC(O)c1c(F)ccc(F)c1Cl. The molecule has 5 heteroatoms. The summed E-state index contributed by atoms with van der Waals surface area (Å²) in [5.74, 6) is -1.48. The molecule has 0 amide bonds. The topological polar surface area (TPSA) is 46.2 Å². The average Bonchev–Trinajstić information content (AvgIpc) is 2.13. The van der Waals surface area contributed by atoms with Crippen molar-refractivity contribution in [3.63, 3.8) is 0 Å². The minimum atomic E-state index is -1.16. The first-order valence-corrected chi connectivity index (χ1v) is 4.47. The molecule has 0 saturated heterocycles. The number of rotatable bonds is 3. The van der Waals surface area contributed by atoms with Crippen LogP contribution in [0.1, 0.15) is 18.1 Å². The normalized spacial score (nSPS) is 12.9. The van der Waals surface area contributed by atoms with Gasteiger partial charge in [-0.3, -0.25) is 0 Å². The van der Waals surface area contributed by atoms with Crippen LogP contribution in [0.4, 0.5) is 8.78 Å². The summed E-state index contributed by atoms with van der Waals surface area (Å²) >= 11 is 5.51. The van der Waals surface area contributed by atoms with Crippen LogP contribution in [0.2, 0.25) is 5.02 Å². The maximum Gasteiger partial charge on any atom is 0.142 e. The number of aliphatic hydroxyl groups excluding tert-OH is 1. The molecule has 0 radical (unpaired) electrons. The molecule has 0 aromatic heterocycles. The van der Waals surface area contributed by atoms with Crippen LogP contribution in [0.15, 0.2) is 12.1 Å². The fourth-order valence-corrected chi connectivity index (χ4v) is 1.43. The summed E-state index contributed by atoms with van der Waals surface area (Å²) in [5, 5.41) is 9.05. The van der Waals surface area contributed by atoms with Crippen LogP contribution in [0, 0.1) is 11.6 Å². The van der Waals surface area contributed by atoms with Gasteiger partial charge in [-0.05, 0) is 25.1 Å². The van der Waals surface area contributed by atoms with Crippen molar-refractivity contribution in [3.05, 3.63) is 34.4 Å². The van der Waals surface area contributed by atoms with Gasteiger partial charge in [0.25, 0.3) is 0 Å². The monoisotopic (exact) mass is 221 g/mol. The molecule has 2 nitrogen and oxygen atoms in total. The zero-order valence-corrected chi connectivity index (χ0v) is 8.06. The molecule has 1 aromatic rings. The van der Waals surface area contributed by atoms with Crippen molar-refractivity contribution in [2.24, 2.45) is 5.73 Å². The van der Waals surface area contributed by atoms with Gasteiger partial charge in [0, 0.05) is 5.56 Å². The van der Waals surface area contributed by atoms with E-state index in [9.17, 15) is 13.9 Å². The highest BCUT2D eigenvalue weighted by Gasteiger charge is 2.18. The van der Waals surface area contributed by atoms with Crippen LogP contribution in [0.3, 0.4) is 0 Å². The van der Waals surface area contributed by atoms with E-state index in [2.05, 4.69) is 0 Å². The predicted molar refractivity (Wildman–Crippen MR) is 50.0 cm³/mol. The lowest BCUT2D eigenvalue weighted by Crippen LogP contribution is -2.09. The van der Waals surface area contributed by atoms with E-state index in [1.807, 2.05) is 0 Å². The number of hydrogen-bond donors (Lipinski definition) is 2. The molecule has 0 aliphatic heterocycles. The predicted octanol–water partition coefficient (Wildman–Crippen LogP) is 2.00. The first kappa shape index (κ1) is 11.4. The third-order valence-corrected chi connectivity index (χ3v) is 2.24. The van der Waals surface area contributed by atoms with Gasteiger partial charge in [0.1, 0.15) is 11.6 Å². The summed E-state index contributed by atoms with van der Waals surface area (Å²) in [6.07, 6.45) is -1.02. The largest absolute Gasteiger partial charge is 0.388 e. The average molecular weight is 222 g/mol. The highest BCUT2D eigenvalue weighted by molar-refractivity contribution is 6.31. The maximum absolute atomic E-state index is 13.2. The van der Waals surface area contributed by atoms with E-state index in [0.29, 0.717) is 0 Å². The van der Waals surface area contributed by atoms with E-state index in [0.717, 1.165) is 12.1 Å². The van der Waals surface area contributed by atoms with E-state index in [-0.39, 0.29) is 23.6 Å². The van der Waals surface area contributed by atoms with Crippen LogP contribution >= 0.6 is 11.6 Å². The maximum atomic E-state index is 13.2. The molecule has 1 unspecified atom stereocenters. The molecule has 1 atom stereocenters. The van der Waals surface area contributed by atoms with E-state index in [1.165, 1.54) is 0 Å². The summed E-state index contributed by atoms with van der Waals surface area (Å²) in [6.45, 7) is 0.174. The second-order valence-corrected chi connectivity index (χ2v) is 3.23. The summed E-state index contributed by atoms with van der Waals surface area (Å²) in [7, 11) is 0. The summed E-state index contributed by atoms with van der Waals surface area (Å²) in [5.41, 5.74) is 4.96. The number of aliphatic hydroxyl groups is 1. The fourth-order valence-electron chi connectivity index (χ4n) is 1.15. The minimum absolute atomic E-state index is 0.139. The molecule has 0 heterocycles. The lowest BCUT2D eigenvalue weighted by Gasteiger charge is -2.12. The molecular weight excluding hydrogens is 212 g/mol. The van der Waals surface area contributed by atoms with Gasteiger partial charge in [0.05, 0.1) is 11.1 Å². The van der Waals surface area contributed by atoms with Crippen molar-refractivity contribution in [1.29, 1.82) is 0 Å². The second kappa shape index (κ2) is 4.68. The molecule has 78 valence electrons. The number of halogens is 3. The van der Waals surface area contributed by atoms with Gasteiger partial charge in [0.15, 0.2) is 0 Å². The van der Waals surface area contributed by atoms with E-state index in [4.69, 9.17) is 17.3 Å². The smallest absolute Gasteiger partial charge is 0.142 e. The minimum Gasteiger partial charge on any atom is -0.388 e. The summed E-state index contributed by atoms with van der Waals surface area (Å²) in [6, 6.07) is 1.84. The first-order valence-electron chi connectivity index (χ1n) is 4.09. The summed E-state index contributed by atoms with van der Waals surface area (Å²) < 4.78 is 26.1. The second-order valence-electron chi connectivity index (χ2n) is 2.85. The van der Waals surface area contributed by atoms with Crippen molar-refractivity contribution < 1.29 is 13.9 Å². The van der Waals surface area contributed by atoms with Crippen molar-refractivity contribution in [2.45, 2.75) is 12.5 Å². The first-order chi connectivity index (χ1) is 6.57. The van der Waals surface area contributed by atoms with Crippen LogP contribution in [-0.2, 0) is 0 Å². The Morgan fingerprint density at radius 2 is 1.93 bits per heavy atom. The van der Waals surface area contributed by atoms with Gasteiger partial charge in [-0.15, -0.1) is 0 Å². The lowest BCUT2D eigenvalue weighted by atomic mass is 10.1. The molecule has 1 aromatic carbocycles. The third kappa shape index (κ3) is 2.20. The molecular formula is C9H10ClF2NO. The molecule has 14 heavy (non-hydrogen) atoms. The van der Waals surface area contributed by atoms with Gasteiger partial charge in [-0.1, -0.05) is 11.6 Å². The molecule has 3 N–H and O–H groups in total. The quantitative estimate of drug-likeness (QED) is 0.767.